The quantitative estimate of drug-likeness (QED) is 0.804. The van der Waals surface area contributed by atoms with Crippen LogP contribution in [0, 0.1) is 5.82 Å². The first-order valence-electron chi connectivity index (χ1n) is 6.39. The molecule has 18 heavy (non-hydrogen) atoms. The maximum atomic E-state index is 13.6. The van der Waals surface area contributed by atoms with Crippen molar-refractivity contribution in [1.29, 1.82) is 0 Å². The largest absolute Gasteiger partial charge is 0.342 e. The zero-order valence-corrected chi connectivity index (χ0v) is 10.5. The molecule has 1 aromatic carbocycles. The lowest BCUT2D eigenvalue weighted by Gasteiger charge is -2.26. The number of rotatable bonds is 3. The van der Waals surface area contributed by atoms with E-state index < -0.39 is 0 Å². The lowest BCUT2D eigenvalue weighted by atomic mass is 10.1. The van der Waals surface area contributed by atoms with Crippen LogP contribution in [0.3, 0.4) is 0 Å². The van der Waals surface area contributed by atoms with Crippen molar-refractivity contribution in [3.63, 3.8) is 0 Å². The van der Waals surface area contributed by atoms with E-state index >= 15 is 0 Å². The van der Waals surface area contributed by atoms with E-state index in [4.69, 9.17) is 0 Å². The molecule has 1 heterocycles. The van der Waals surface area contributed by atoms with Gasteiger partial charge in [-0.1, -0.05) is 18.7 Å². The van der Waals surface area contributed by atoms with Crippen molar-refractivity contribution in [3.8, 4) is 0 Å². The minimum atomic E-state index is -0.314. The average Bonchev–Trinajstić information content (AvgIpc) is 2.42. The molecule has 1 fully saturated rings. The van der Waals surface area contributed by atoms with Crippen LogP contribution in [0.25, 0.3) is 6.08 Å². The minimum Gasteiger partial charge on any atom is -0.342 e. The molecule has 0 bridgehead atoms. The van der Waals surface area contributed by atoms with Crippen molar-refractivity contribution in [2.45, 2.75) is 25.7 Å². The van der Waals surface area contributed by atoms with Crippen LogP contribution < -0.4 is 0 Å². The van der Waals surface area contributed by atoms with E-state index in [2.05, 4.69) is 6.58 Å². The third-order valence-electron chi connectivity index (χ3n) is 3.36. The Morgan fingerprint density at radius 2 is 2.06 bits per heavy atom. The summed E-state index contributed by atoms with van der Waals surface area (Å²) in [6, 6.07) is 4.76. The lowest BCUT2D eigenvalue weighted by molar-refractivity contribution is -0.131. The number of nitrogens with zero attached hydrogens (tertiary/aromatic N) is 1. The van der Waals surface area contributed by atoms with Gasteiger partial charge in [0.1, 0.15) is 5.82 Å². The Morgan fingerprint density at radius 3 is 2.72 bits per heavy atom. The molecule has 0 unspecified atom stereocenters. The highest BCUT2D eigenvalue weighted by atomic mass is 19.1. The van der Waals surface area contributed by atoms with E-state index in [9.17, 15) is 9.18 Å². The fourth-order valence-electron chi connectivity index (χ4n) is 2.28. The molecular formula is C15H18FNO. The summed E-state index contributed by atoms with van der Waals surface area (Å²) in [6.07, 6.45) is 5.10. The Morgan fingerprint density at radius 1 is 1.33 bits per heavy atom. The molecule has 0 atom stereocenters. The predicted octanol–water partition coefficient (Wildman–Crippen LogP) is 3.02. The Balaban J connectivity index is 2.07. The van der Waals surface area contributed by atoms with Gasteiger partial charge >= 0.3 is 0 Å². The fourth-order valence-corrected chi connectivity index (χ4v) is 2.28. The molecule has 0 spiro atoms. The van der Waals surface area contributed by atoms with E-state index in [-0.39, 0.29) is 18.1 Å². The molecule has 0 aliphatic carbocycles. The summed E-state index contributed by atoms with van der Waals surface area (Å²) in [7, 11) is 0. The minimum absolute atomic E-state index is 0.0230. The van der Waals surface area contributed by atoms with Crippen molar-refractivity contribution < 1.29 is 9.18 Å². The molecule has 1 saturated heterocycles. The molecule has 0 saturated carbocycles. The zero-order valence-electron chi connectivity index (χ0n) is 10.5. The van der Waals surface area contributed by atoms with Crippen LogP contribution in [0.1, 0.15) is 30.4 Å². The first-order chi connectivity index (χ1) is 8.70. The van der Waals surface area contributed by atoms with Crippen LogP contribution in [0.4, 0.5) is 4.39 Å². The van der Waals surface area contributed by atoms with E-state index in [1.807, 2.05) is 4.90 Å². The Hall–Kier alpha value is -1.64. The number of benzene rings is 1. The van der Waals surface area contributed by atoms with Gasteiger partial charge in [0.05, 0.1) is 6.42 Å². The van der Waals surface area contributed by atoms with Crippen molar-refractivity contribution in [1.82, 2.24) is 4.90 Å². The molecule has 3 heteroatoms. The van der Waals surface area contributed by atoms with Crippen LogP contribution in [-0.2, 0) is 11.2 Å². The maximum absolute atomic E-state index is 13.6. The van der Waals surface area contributed by atoms with Gasteiger partial charge in [0.15, 0.2) is 0 Å². The Kier molecular flexibility index (Phi) is 4.13. The molecule has 0 N–H and O–H groups in total. The first kappa shape index (κ1) is 12.8. The van der Waals surface area contributed by atoms with Crippen molar-refractivity contribution >= 4 is 12.0 Å². The number of piperidine rings is 1. The molecule has 1 aliphatic rings. The molecule has 1 aliphatic heterocycles. The number of carbonyl (C=O) groups is 1. The van der Waals surface area contributed by atoms with Gasteiger partial charge in [0.2, 0.25) is 5.91 Å². The Labute approximate surface area is 107 Å². The predicted molar refractivity (Wildman–Crippen MR) is 70.6 cm³/mol. The number of halogens is 1. The summed E-state index contributed by atoms with van der Waals surface area (Å²) < 4.78 is 13.6. The second kappa shape index (κ2) is 5.80. The second-order valence-corrected chi connectivity index (χ2v) is 4.67. The van der Waals surface area contributed by atoms with Gasteiger partial charge in [-0.2, -0.15) is 0 Å². The smallest absolute Gasteiger partial charge is 0.227 e. The molecule has 1 amide bonds. The molecular weight excluding hydrogens is 229 g/mol. The highest BCUT2D eigenvalue weighted by molar-refractivity contribution is 5.79. The normalized spacial score (nSPS) is 15.5. The summed E-state index contributed by atoms with van der Waals surface area (Å²) in [5.74, 6) is -0.291. The van der Waals surface area contributed by atoms with Crippen molar-refractivity contribution in [3.05, 3.63) is 41.7 Å². The van der Waals surface area contributed by atoms with Gasteiger partial charge in [0, 0.05) is 13.1 Å². The van der Waals surface area contributed by atoms with Gasteiger partial charge in [-0.05, 0) is 42.5 Å². The van der Waals surface area contributed by atoms with Crippen LogP contribution in [0.5, 0.6) is 0 Å². The lowest BCUT2D eigenvalue weighted by Crippen LogP contribution is -2.36. The highest BCUT2D eigenvalue weighted by Gasteiger charge is 2.18. The molecule has 0 radical (unpaired) electrons. The van der Waals surface area contributed by atoms with Gasteiger partial charge in [0.25, 0.3) is 0 Å². The van der Waals surface area contributed by atoms with E-state index in [1.54, 1.807) is 18.2 Å². The molecule has 96 valence electrons. The van der Waals surface area contributed by atoms with E-state index in [0.29, 0.717) is 5.56 Å². The first-order valence-corrected chi connectivity index (χ1v) is 6.39. The molecule has 1 aromatic rings. The van der Waals surface area contributed by atoms with E-state index in [1.165, 1.54) is 12.5 Å². The third-order valence-corrected chi connectivity index (χ3v) is 3.36. The third kappa shape index (κ3) is 2.97. The van der Waals surface area contributed by atoms with Crippen LogP contribution in [0.2, 0.25) is 0 Å². The maximum Gasteiger partial charge on any atom is 0.227 e. The van der Waals surface area contributed by atoms with Gasteiger partial charge in [-0.3, -0.25) is 4.79 Å². The van der Waals surface area contributed by atoms with Crippen molar-refractivity contribution in [2.24, 2.45) is 0 Å². The average molecular weight is 247 g/mol. The van der Waals surface area contributed by atoms with Gasteiger partial charge in [-0.15, -0.1) is 0 Å². The van der Waals surface area contributed by atoms with Crippen LogP contribution >= 0.6 is 0 Å². The number of likely N-dealkylation sites (tertiary alicyclic amines) is 1. The second-order valence-electron chi connectivity index (χ2n) is 4.67. The van der Waals surface area contributed by atoms with Crippen molar-refractivity contribution in [2.75, 3.05) is 13.1 Å². The van der Waals surface area contributed by atoms with E-state index in [0.717, 1.165) is 31.5 Å². The monoisotopic (exact) mass is 247 g/mol. The number of hydrogen-bond acceptors (Lipinski definition) is 1. The summed E-state index contributed by atoms with van der Waals surface area (Å²) in [6.45, 7) is 5.27. The fraction of sp³-hybridized carbons (Fsp3) is 0.400. The standard InChI is InChI=1S/C15H18FNO/c1-2-12-6-7-14(16)13(10-12)11-15(18)17-8-4-3-5-9-17/h2,6-7,10H,1,3-5,8-9,11H2. The summed E-state index contributed by atoms with van der Waals surface area (Å²) in [4.78, 5) is 13.9. The van der Waals surface area contributed by atoms with Crippen LogP contribution in [-0.4, -0.2) is 23.9 Å². The summed E-state index contributed by atoms with van der Waals surface area (Å²) in [5, 5.41) is 0. The molecule has 2 nitrogen and oxygen atoms in total. The topological polar surface area (TPSA) is 20.3 Å². The van der Waals surface area contributed by atoms with Gasteiger partial charge < -0.3 is 4.90 Å². The van der Waals surface area contributed by atoms with Gasteiger partial charge in [-0.25, -0.2) is 4.39 Å². The Bertz CT molecular complexity index is 450. The molecule has 2 rings (SSSR count). The number of hydrogen-bond donors (Lipinski definition) is 0. The van der Waals surface area contributed by atoms with Crippen LogP contribution in [0.15, 0.2) is 24.8 Å². The summed E-state index contributed by atoms with van der Waals surface area (Å²) >= 11 is 0. The highest BCUT2D eigenvalue weighted by Crippen LogP contribution is 2.15. The SMILES string of the molecule is C=Cc1ccc(F)c(CC(=O)N2CCCCC2)c1. The number of carbonyl (C=O) groups excluding carboxylic acids is 1. The molecule has 0 aromatic heterocycles. The summed E-state index contributed by atoms with van der Waals surface area (Å²) in [5.41, 5.74) is 1.31. The zero-order chi connectivity index (χ0) is 13.0. The number of amides is 1.